The molecule has 1 heterocycles. The molecule has 0 aromatic heterocycles. The van der Waals surface area contributed by atoms with E-state index < -0.39 is 22.2 Å². The van der Waals surface area contributed by atoms with Crippen LogP contribution in [0.5, 0.6) is 0 Å². The van der Waals surface area contributed by atoms with E-state index in [0.717, 1.165) is 43.9 Å². The summed E-state index contributed by atoms with van der Waals surface area (Å²) in [5.41, 5.74) is 2.69. The molecule has 1 saturated heterocycles. The van der Waals surface area contributed by atoms with E-state index in [4.69, 9.17) is 9.90 Å². The lowest BCUT2D eigenvalue weighted by atomic mass is 10.1. The number of rotatable bonds is 8. The van der Waals surface area contributed by atoms with Gasteiger partial charge in [0.05, 0.1) is 16.3 Å². The molecule has 0 atom stereocenters. The van der Waals surface area contributed by atoms with Gasteiger partial charge < -0.3 is 20.6 Å². The molecule has 4 N–H and O–H groups in total. The number of carboxylic acids is 1. The molecule has 3 rings (SSSR count). The molecule has 0 spiro atoms. The highest BCUT2D eigenvalue weighted by Gasteiger charge is 2.38. The lowest BCUT2D eigenvalue weighted by molar-refractivity contribution is -0.192. The van der Waals surface area contributed by atoms with Crippen molar-refractivity contribution in [1.82, 2.24) is 10.6 Å². The van der Waals surface area contributed by atoms with E-state index in [2.05, 4.69) is 20.3 Å². The van der Waals surface area contributed by atoms with Crippen molar-refractivity contribution in [3.63, 3.8) is 0 Å². The molecule has 0 aliphatic carbocycles. The maximum absolute atomic E-state index is 13.1. The molecule has 2 aromatic rings. The van der Waals surface area contributed by atoms with Gasteiger partial charge >= 0.3 is 12.1 Å². The second-order valence-corrected chi connectivity index (χ2v) is 10.7. The Morgan fingerprint density at radius 1 is 1.08 bits per heavy atom. The Morgan fingerprint density at radius 2 is 1.66 bits per heavy atom. The third-order valence-electron chi connectivity index (χ3n) is 5.52. The maximum Gasteiger partial charge on any atom is 0.490 e. The molecule has 1 aliphatic heterocycles. The molecule has 210 valence electrons. The molecule has 2 aromatic carbocycles. The fourth-order valence-electron chi connectivity index (χ4n) is 3.45. The minimum absolute atomic E-state index is 0.200. The van der Waals surface area contributed by atoms with Gasteiger partial charge in [-0.15, -0.1) is 0 Å². The summed E-state index contributed by atoms with van der Waals surface area (Å²) >= 11 is 0. The van der Waals surface area contributed by atoms with Crippen LogP contribution in [0, 0.1) is 5.92 Å². The standard InChI is InChI=1S/C23H32N4O3S.C2HF3O2/c1-4-18-5-8-20(9-6-18)31(29,30)26-21-15-19(23(28)25-16-17(2)3)7-10-22(21)27-13-11-24-12-14-27;3-2(4,5)1(6)7/h5-10,15,17,24,26H,4,11-14,16H2,1-3H3,(H,25,28);(H,6,7). The Bertz CT molecular complexity index is 1200. The number of carbonyl (C=O) groups is 2. The Labute approximate surface area is 220 Å². The summed E-state index contributed by atoms with van der Waals surface area (Å²) in [4.78, 5) is 23.8. The van der Waals surface area contributed by atoms with E-state index in [0.29, 0.717) is 23.7 Å². The first-order valence-electron chi connectivity index (χ1n) is 12.0. The highest BCUT2D eigenvalue weighted by atomic mass is 32.2. The van der Waals surface area contributed by atoms with E-state index >= 15 is 0 Å². The number of halogens is 3. The Balaban J connectivity index is 0.000000638. The topological polar surface area (TPSA) is 128 Å². The van der Waals surface area contributed by atoms with E-state index in [9.17, 15) is 26.4 Å². The zero-order valence-electron chi connectivity index (χ0n) is 21.4. The van der Waals surface area contributed by atoms with Crippen LogP contribution in [-0.2, 0) is 21.2 Å². The summed E-state index contributed by atoms with van der Waals surface area (Å²) in [7, 11) is -3.79. The predicted octanol–water partition coefficient (Wildman–Crippen LogP) is 3.48. The predicted molar refractivity (Wildman–Crippen MR) is 139 cm³/mol. The average Bonchev–Trinajstić information content (AvgIpc) is 2.87. The Kier molecular flexibility index (Phi) is 11.0. The number of nitrogens with one attached hydrogen (secondary N) is 3. The van der Waals surface area contributed by atoms with Crippen LogP contribution in [0.3, 0.4) is 0 Å². The van der Waals surface area contributed by atoms with Crippen molar-refractivity contribution in [1.29, 1.82) is 0 Å². The van der Waals surface area contributed by atoms with Crippen LogP contribution in [-0.4, -0.2) is 64.3 Å². The molecule has 38 heavy (non-hydrogen) atoms. The number of benzene rings is 2. The minimum Gasteiger partial charge on any atom is -0.475 e. The number of alkyl halides is 3. The summed E-state index contributed by atoms with van der Waals surface area (Å²) in [5, 5.41) is 13.3. The van der Waals surface area contributed by atoms with Gasteiger partial charge in [0.2, 0.25) is 0 Å². The van der Waals surface area contributed by atoms with Crippen LogP contribution in [0.2, 0.25) is 0 Å². The van der Waals surface area contributed by atoms with Crippen LogP contribution in [0.1, 0.15) is 36.7 Å². The second kappa shape index (κ2) is 13.5. The lowest BCUT2D eigenvalue weighted by Crippen LogP contribution is -2.43. The van der Waals surface area contributed by atoms with E-state index in [1.165, 1.54) is 0 Å². The molecule has 0 unspecified atom stereocenters. The van der Waals surface area contributed by atoms with E-state index in [1.54, 1.807) is 24.3 Å². The van der Waals surface area contributed by atoms with Crippen molar-refractivity contribution in [2.24, 2.45) is 5.92 Å². The van der Waals surface area contributed by atoms with E-state index in [-0.39, 0.29) is 10.8 Å². The summed E-state index contributed by atoms with van der Waals surface area (Å²) in [5.74, 6) is -2.64. The smallest absolute Gasteiger partial charge is 0.475 e. The molecular formula is C25H33F3N4O5S. The summed E-state index contributed by atoms with van der Waals surface area (Å²) < 4.78 is 60.6. The number of amides is 1. The SMILES string of the molecule is CCc1ccc(S(=O)(=O)Nc2cc(C(=O)NCC(C)C)ccc2N2CCNCC2)cc1.O=C(O)C(F)(F)F. The first kappa shape index (κ1) is 30.9. The highest BCUT2D eigenvalue weighted by molar-refractivity contribution is 7.92. The monoisotopic (exact) mass is 558 g/mol. The van der Waals surface area contributed by atoms with Crippen molar-refractivity contribution in [3.05, 3.63) is 53.6 Å². The zero-order chi connectivity index (χ0) is 28.5. The molecule has 1 aliphatic rings. The molecule has 1 fully saturated rings. The van der Waals surface area contributed by atoms with Crippen LogP contribution in [0.25, 0.3) is 0 Å². The maximum atomic E-state index is 13.1. The third kappa shape index (κ3) is 9.21. The number of anilines is 2. The normalized spacial score (nSPS) is 13.9. The van der Waals surface area contributed by atoms with Gasteiger partial charge in [0, 0.05) is 38.3 Å². The molecular weight excluding hydrogens is 525 g/mol. The third-order valence-corrected chi connectivity index (χ3v) is 6.90. The number of piperazine rings is 1. The summed E-state index contributed by atoms with van der Waals surface area (Å²) in [6.07, 6.45) is -4.24. The second-order valence-electron chi connectivity index (χ2n) is 8.98. The molecule has 0 bridgehead atoms. The number of sulfonamides is 1. The molecule has 13 heteroatoms. The van der Waals surface area contributed by atoms with Crippen LogP contribution in [0.15, 0.2) is 47.4 Å². The molecule has 0 radical (unpaired) electrons. The Hall–Kier alpha value is -3.32. The Morgan fingerprint density at radius 3 is 2.16 bits per heavy atom. The summed E-state index contributed by atoms with van der Waals surface area (Å²) in [6, 6.07) is 12.1. The zero-order valence-corrected chi connectivity index (χ0v) is 22.2. The van der Waals surface area contributed by atoms with Crippen LogP contribution >= 0.6 is 0 Å². The highest BCUT2D eigenvalue weighted by Crippen LogP contribution is 2.30. The van der Waals surface area contributed by atoms with Gasteiger partial charge in [0.15, 0.2) is 0 Å². The number of aryl methyl sites for hydroxylation is 1. The van der Waals surface area contributed by atoms with Gasteiger partial charge in [-0.3, -0.25) is 9.52 Å². The number of carbonyl (C=O) groups excluding carboxylic acids is 1. The largest absolute Gasteiger partial charge is 0.490 e. The number of carboxylic acid groups (broad SMARTS) is 1. The fourth-order valence-corrected chi connectivity index (χ4v) is 4.51. The van der Waals surface area contributed by atoms with E-state index in [1.807, 2.05) is 39.0 Å². The van der Waals surface area contributed by atoms with Gasteiger partial charge in [-0.2, -0.15) is 13.2 Å². The summed E-state index contributed by atoms with van der Waals surface area (Å²) in [6.45, 7) is 9.80. The number of hydrogen-bond acceptors (Lipinski definition) is 6. The van der Waals surface area contributed by atoms with Crippen molar-refractivity contribution >= 4 is 33.3 Å². The van der Waals surface area contributed by atoms with Gasteiger partial charge in [0.25, 0.3) is 15.9 Å². The van der Waals surface area contributed by atoms with Crippen molar-refractivity contribution in [2.45, 2.75) is 38.3 Å². The van der Waals surface area contributed by atoms with Crippen LogP contribution in [0.4, 0.5) is 24.5 Å². The molecule has 9 nitrogen and oxygen atoms in total. The van der Waals surface area contributed by atoms with Crippen molar-refractivity contribution in [2.75, 3.05) is 42.3 Å². The van der Waals surface area contributed by atoms with Gasteiger partial charge in [-0.1, -0.05) is 32.9 Å². The fraction of sp³-hybridized carbons (Fsp3) is 0.440. The van der Waals surface area contributed by atoms with Gasteiger partial charge in [0.1, 0.15) is 0 Å². The lowest BCUT2D eigenvalue weighted by Gasteiger charge is -2.31. The quantitative estimate of drug-likeness (QED) is 0.391. The van der Waals surface area contributed by atoms with Gasteiger partial charge in [-0.25, -0.2) is 13.2 Å². The van der Waals surface area contributed by atoms with Crippen molar-refractivity contribution < 1.29 is 36.3 Å². The first-order valence-corrected chi connectivity index (χ1v) is 13.5. The van der Waals surface area contributed by atoms with Gasteiger partial charge in [-0.05, 0) is 48.2 Å². The molecule has 0 saturated carbocycles. The average molecular weight is 559 g/mol. The number of aliphatic carboxylic acids is 1. The van der Waals surface area contributed by atoms with Crippen molar-refractivity contribution in [3.8, 4) is 0 Å². The van der Waals surface area contributed by atoms with Crippen LogP contribution < -0.4 is 20.3 Å². The first-order chi connectivity index (χ1) is 17.7. The minimum atomic E-state index is -5.08. The number of hydrogen-bond donors (Lipinski definition) is 4. The molecule has 1 amide bonds. The number of nitrogens with zero attached hydrogens (tertiary/aromatic N) is 1.